The Bertz CT molecular complexity index is 974. The van der Waals surface area contributed by atoms with Crippen molar-refractivity contribution in [1.82, 2.24) is 4.98 Å². The molecule has 0 aliphatic rings. The number of thiazole rings is 1. The van der Waals surface area contributed by atoms with Gasteiger partial charge in [0.05, 0.1) is 27.4 Å². The lowest BCUT2D eigenvalue weighted by Crippen LogP contribution is -2.19. The normalized spacial score (nSPS) is 11.1. The Balaban J connectivity index is 1.73. The third-order valence-corrected chi connectivity index (χ3v) is 4.14. The zero-order chi connectivity index (χ0) is 18.0. The molecular weight excluding hydrogens is 353 g/mol. The number of carbonyl (C=O) groups is 1. The minimum Gasteiger partial charge on any atom is -0.308 e. The summed E-state index contributed by atoms with van der Waals surface area (Å²) < 4.78 is 38.5. The molecule has 2 aromatic carbocycles. The summed E-state index contributed by atoms with van der Waals surface area (Å²) in [5, 5.41) is 13.9. The number of amides is 2. The van der Waals surface area contributed by atoms with Crippen molar-refractivity contribution in [3.05, 3.63) is 53.6 Å². The number of nitrogens with zero attached hydrogens (tertiary/aromatic N) is 2. The summed E-state index contributed by atoms with van der Waals surface area (Å²) in [6.45, 7) is 0. The molecule has 0 aliphatic carbocycles. The van der Waals surface area contributed by atoms with Crippen LogP contribution in [0.2, 0.25) is 0 Å². The molecule has 0 radical (unpaired) electrons. The average Bonchev–Trinajstić information content (AvgIpc) is 2.95. The number of halogens is 3. The molecular formula is C16H9F3N4OS. The van der Waals surface area contributed by atoms with Crippen LogP contribution >= 0.6 is 11.3 Å². The van der Waals surface area contributed by atoms with Crippen molar-refractivity contribution in [1.29, 1.82) is 5.26 Å². The van der Waals surface area contributed by atoms with Gasteiger partial charge in [0.1, 0.15) is 0 Å². The maximum atomic E-state index is 12.7. The fraction of sp³-hybridized carbons (Fsp3) is 0.0625. The summed E-state index contributed by atoms with van der Waals surface area (Å²) in [6.07, 6.45) is -4.43. The average molecular weight is 362 g/mol. The van der Waals surface area contributed by atoms with Crippen LogP contribution in [0.1, 0.15) is 11.1 Å². The van der Waals surface area contributed by atoms with Gasteiger partial charge in [-0.3, -0.25) is 5.32 Å². The van der Waals surface area contributed by atoms with Gasteiger partial charge in [-0.15, -0.1) is 0 Å². The number of aromatic nitrogens is 1. The number of nitrogens with one attached hydrogen (secondary N) is 2. The summed E-state index contributed by atoms with van der Waals surface area (Å²) in [5.41, 5.74) is 0.526. The molecule has 126 valence electrons. The highest BCUT2D eigenvalue weighted by Crippen LogP contribution is 2.34. The molecule has 1 heterocycles. The molecule has 0 bridgehead atoms. The standard InChI is InChI=1S/C16H9F3N4OS/c17-16(18,19)10-3-6-12-13(7-10)25-15(22-12)23-14(24)21-11-4-1-9(8-20)2-5-11/h1-7H,(H2,21,22,23,24). The highest BCUT2D eigenvalue weighted by atomic mass is 32.1. The largest absolute Gasteiger partial charge is 0.416 e. The predicted molar refractivity (Wildman–Crippen MR) is 88.4 cm³/mol. The van der Waals surface area contributed by atoms with Crippen LogP contribution in [-0.2, 0) is 6.18 Å². The SMILES string of the molecule is N#Cc1ccc(NC(=O)Nc2nc3ccc(C(F)(F)F)cc3s2)cc1. The summed E-state index contributed by atoms with van der Waals surface area (Å²) in [7, 11) is 0. The molecule has 2 amide bonds. The number of carbonyl (C=O) groups excluding carboxylic acids is 1. The Hall–Kier alpha value is -3.12. The Kier molecular flexibility index (Phi) is 4.29. The highest BCUT2D eigenvalue weighted by Gasteiger charge is 2.30. The van der Waals surface area contributed by atoms with Crippen LogP contribution in [-0.4, -0.2) is 11.0 Å². The molecule has 0 fully saturated rings. The molecule has 3 rings (SSSR count). The fourth-order valence-electron chi connectivity index (χ4n) is 2.04. The van der Waals surface area contributed by atoms with Gasteiger partial charge in [0.15, 0.2) is 5.13 Å². The third kappa shape index (κ3) is 3.87. The number of fused-ring (bicyclic) bond motifs is 1. The lowest BCUT2D eigenvalue weighted by Gasteiger charge is -2.05. The van der Waals surface area contributed by atoms with Crippen molar-refractivity contribution < 1.29 is 18.0 Å². The Morgan fingerprint density at radius 1 is 1.12 bits per heavy atom. The molecule has 0 unspecified atom stereocenters. The topological polar surface area (TPSA) is 77.8 Å². The number of alkyl halides is 3. The quantitative estimate of drug-likeness (QED) is 0.685. The second-order valence-electron chi connectivity index (χ2n) is 4.97. The minimum atomic E-state index is -4.43. The van der Waals surface area contributed by atoms with E-state index in [4.69, 9.17) is 5.26 Å². The van der Waals surface area contributed by atoms with Crippen LogP contribution in [0, 0.1) is 11.3 Å². The summed E-state index contributed by atoms with van der Waals surface area (Å²) in [4.78, 5) is 16.0. The second kappa shape index (κ2) is 6.41. The predicted octanol–water partition coefficient (Wildman–Crippen LogP) is 4.83. The first-order chi connectivity index (χ1) is 11.8. The minimum absolute atomic E-state index is 0.181. The van der Waals surface area contributed by atoms with E-state index in [0.717, 1.165) is 23.5 Å². The van der Waals surface area contributed by atoms with Gasteiger partial charge in [0.2, 0.25) is 0 Å². The first-order valence-corrected chi connectivity index (χ1v) is 7.73. The van der Waals surface area contributed by atoms with Crippen molar-refractivity contribution >= 4 is 38.4 Å². The summed E-state index contributed by atoms with van der Waals surface area (Å²) in [6, 6.07) is 10.8. The van der Waals surface area contributed by atoms with Crippen LogP contribution in [0.4, 0.5) is 28.8 Å². The van der Waals surface area contributed by atoms with E-state index in [1.165, 1.54) is 6.07 Å². The van der Waals surface area contributed by atoms with E-state index in [-0.39, 0.29) is 5.13 Å². The van der Waals surface area contributed by atoms with Gasteiger partial charge >= 0.3 is 12.2 Å². The monoisotopic (exact) mass is 362 g/mol. The van der Waals surface area contributed by atoms with Gasteiger partial charge in [-0.25, -0.2) is 9.78 Å². The molecule has 0 saturated carbocycles. The number of benzene rings is 2. The third-order valence-electron chi connectivity index (χ3n) is 3.21. The number of nitriles is 1. The van der Waals surface area contributed by atoms with E-state index in [1.54, 1.807) is 24.3 Å². The second-order valence-corrected chi connectivity index (χ2v) is 6.00. The number of hydrogen-bond acceptors (Lipinski definition) is 4. The zero-order valence-electron chi connectivity index (χ0n) is 12.4. The van der Waals surface area contributed by atoms with E-state index in [2.05, 4.69) is 15.6 Å². The summed E-state index contributed by atoms with van der Waals surface area (Å²) in [5.74, 6) is 0. The molecule has 9 heteroatoms. The van der Waals surface area contributed by atoms with Crippen molar-refractivity contribution in [3.8, 4) is 6.07 Å². The first-order valence-electron chi connectivity index (χ1n) is 6.91. The molecule has 0 spiro atoms. The number of rotatable bonds is 2. The highest BCUT2D eigenvalue weighted by molar-refractivity contribution is 7.22. The van der Waals surface area contributed by atoms with Gasteiger partial charge < -0.3 is 5.32 Å². The van der Waals surface area contributed by atoms with Gasteiger partial charge in [0.25, 0.3) is 0 Å². The molecule has 0 atom stereocenters. The maximum Gasteiger partial charge on any atom is 0.416 e. The van der Waals surface area contributed by atoms with Gasteiger partial charge in [-0.1, -0.05) is 11.3 Å². The van der Waals surface area contributed by atoms with Crippen LogP contribution in [0.15, 0.2) is 42.5 Å². The zero-order valence-corrected chi connectivity index (χ0v) is 13.2. The summed E-state index contributed by atoms with van der Waals surface area (Å²) >= 11 is 0.946. The smallest absolute Gasteiger partial charge is 0.308 e. The van der Waals surface area contributed by atoms with Gasteiger partial charge in [0, 0.05) is 5.69 Å². The van der Waals surface area contributed by atoms with Crippen LogP contribution in [0.25, 0.3) is 10.2 Å². The van der Waals surface area contributed by atoms with E-state index in [1.807, 2.05) is 6.07 Å². The van der Waals surface area contributed by atoms with Crippen molar-refractivity contribution in [2.45, 2.75) is 6.18 Å². The van der Waals surface area contributed by atoms with Crippen LogP contribution in [0.5, 0.6) is 0 Å². The molecule has 5 nitrogen and oxygen atoms in total. The molecule has 0 aliphatic heterocycles. The molecule has 0 saturated heterocycles. The van der Waals surface area contributed by atoms with E-state index < -0.39 is 17.8 Å². The van der Waals surface area contributed by atoms with E-state index >= 15 is 0 Å². The lowest BCUT2D eigenvalue weighted by atomic mass is 10.2. The Labute approximate surface area is 143 Å². The number of hydrogen-bond donors (Lipinski definition) is 2. The Morgan fingerprint density at radius 2 is 1.84 bits per heavy atom. The van der Waals surface area contributed by atoms with Crippen molar-refractivity contribution in [2.75, 3.05) is 10.6 Å². The van der Waals surface area contributed by atoms with E-state index in [0.29, 0.717) is 21.5 Å². The molecule has 2 N–H and O–H groups in total. The molecule has 25 heavy (non-hydrogen) atoms. The van der Waals surface area contributed by atoms with Gasteiger partial charge in [-0.2, -0.15) is 18.4 Å². The van der Waals surface area contributed by atoms with E-state index in [9.17, 15) is 18.0 Å². The molecule has 3 aromatic rings. The lowest BCUT2D eigenvalue weighted by molar-refractivity contribution is -0.137. The molecule has 1 aromatic heterocycles. The van der Waals surface area contributed by atoms with Crippen molar-refractivity contribution in [2.24, 2.45) is 0 Å². The van der Waals surface area contributed by atoms with Crippen LogP contribution in [0.3, 0.4) is 0 Å². The van der Waals surface area contributed by atoms with Crippen LogP contribution < -0.4 is 10.6 Å². The Morgan fingerprint density at radius 3 is 2.48 bits per heavy atom. The number of anilines is 2. The fourth-order valence-corrected chi connectivity index (χ4v) is 2.94. The number of urea groups is 1. The van der Waals surface area contributed by atoms with Gasteiger partial charge in [-0.05, 0) is 42.5 Å². The first kappa shape index (κ1) is 16.7. The van der Waals surface area contributed by atoms with Crippen molar-refractivity contribution in [3.63, 3.8) is 0 Å². The maximum absolute atomic E-state index is 12.7.